The van der Waals surface area contributed by atoms with Crippen LogP contribution in [0.25, 0.3) is 16.2 Å². The van der Waals surface area contributed by atoms with Gasteiger partial charge < -0.3 is 14.5 Å². The maximum absolute atomic E-state index is 12.9. The van der Waals surface area contributed by atoms with Gasteiger partial charge in [0, 0.05) is 29.7 Å². The molecular weight excluding hydrogens is 420 g/mol. The van der Waals surface area contributed by atoms with Gasteiger partial charge in [0.1, 0.15) is 27.9 Å². The van der Waals surface area contributed by atoms with Crippen LogP contribution in [-0.4, -0.2) is 20.3 Å². The number of anilines is 1. The maximum Gasteiger partial charge on any atom is 0.267 e. The Morgan fingerprint density at radius 2 is 1.88 bits per heavy atom. The van der Waals surface area contributed by atoms with Crippen molar-refractivity contribution in [2.75, 3.05) is 5.32 Å². The summed E-state index contributed by atoms with van der Waals surface area (Å²) in [5.41, 5.74) is 4.09. The molecular formula is C25H20N4O2S. The molecule has 32 heavy (non-hydrogen) atoms. The summed E-state index contributed by atoms with van der Waals surface area (Å²) in [6, 6.07) is 23.1. The highest BCUT2D eigenvalue weighted by atomic mass is 32.1. The first-order valence-electron chi connectivity index (χ1n) is 10.2. The van der Waals surface area contributed by atoms with Crippen LogP contribution in [0, 0.1) is 6.92 Å². The number of carbonyl (C=O) groups excluding carboxylic acids is 1. The number of aromatic nitrogens is 3. The fraction of sp³-hybridized carbons (Fsp3) is 0.0800. The van der Waals surface area contributed by atoms with Crippen LogP contribution >= 0.6 is 11.3 Å². The van der Waals surface area contributed by atoms with Crippen molar-refractivity contribution in [2.24, 2.45) is 0 Å². The van der Waals surface area contributed by atoms with E-state index < -0.39 is 0 Å². The molecule has 0 bridgehead atoms. The molecule has 1 N–H and O–H groups in total. The predicted octanol–water partition coefficient (Wildman–Crippen LogP) is 5.60. The Morgan fingerprint density at radius 1 is 1.03 bits per heavy atom. The Labute approximate surface area is 189 Å². The van der Waals surface area contributed by atoms with Crippen LogP contribution in [0.4, 0.5) is 5.69 Å². The molecule has 3 aromatic heterocycles. The van der Waals surface area contributed by atoms with E-state index in [2.05, 4.69) is 15.3 Å². The first kappa shape index (κ1) is 20.0. The number of hydrogen-bond donors (Lipinski definition) is 1. The van der Waals surface area contributed by atoms with Crippen LogP contribution in [0.1, 0.15) is 21.1 Å². The molecule has 2 aromatic carbocycles. The fourth-order valence-corrected chi connectivity index (χ4v) is 4.34. The molecule has 0 aliphatic heterocycles. The van der Waals surface area contributed by atoms with Gasteiger partial charge in [-0.1, -0.05) is 42.5 Å². The lowest BCUT2D eigenvalue weighted by atomic mass is 10.2. The van der Waals surface area contributed by atoms with E-state index in [-0.39, 0.29) is 5.91 Å². The lowest BCUT2D eigenvalue weighted by Gasteiger charge is -2.08. The summed E-state index contributed by atoms with van der Waals surface area (Å²) in [5.74, 6) is 0.477. The number of benzene rings is 2. The van der Waals surface area contributed by atoms with Crippen molar-refractivity contribution in [2.45, 2.75) is 13.5 Å². The van der Waals surface area contributed by atoms with Crippen molar-refractivity contribution in [3.05, 3.63) is 101 Å². The number of hydrogen-bond acceptors (Lipinski definition) is 5. The molecule has 0 saturated carbocycles. The van der Waals surface area contributed by atoms with Gasteiger partial charge in [0.25, 0.3) is 5.91 Å². The Balaban J connectivity index is 1.27. The van der Waals surface area contributed by atoms with E-state index in [1.807, 2.05) is 96.5 Å². The van der Waals surface area contributed by atoms with E-state index >= 15 is 0 Å². The number of amides is 1. The van der Waals surface area contributed by atoms with Gasteiger partial charge in [-0.15, -0.1) is 11.3 Å². The number of imidazole rings is 1. The molecule has 1 amide bonds. The average Bonchev–Trinajstić information content (AvgIpc) is 3.42. The highest BCUT2D eigenvalue weighted by Crippen LogP contribution is 2.28. The number of nitrogens with zero attached hydrogens (tertiary/aromatic N) is 3. The van der Waals surface area contributed by atoms with E-state index in [1.165, 1.54) is 11.3 Å². The summed E-state index contributed by atoms with van der Waals surface area (Å²) in [6.45, 7) is 2.19. The number of thiazole rings is 1. The number of nitrogens with one attached hydrogen (secondary N) is 1. The van der Waals surface area contributed by atoms with Crippen molar-refractivity contribution < 1.29 is 9.53 Å². The van der Waals surface area contributed by atoms with Gasteiger partial charge in [0.15, 0.2) is 0 Å². The second kappa shape index (κ2) is 8.64. The Bertz CT molecular complexity index is 1360. The third-order valence-corrected chi connectivity index (χ3v) is 6.12. The number of carbonyl (C=O) groups is 1. The summed E-state index contributed by atoms with van der Waals surface area (Å²) >= 11 is 1.39. The lowest BCUT2D eigenvalue weighted by Crippen LogP contribution is -2.11. The predicted molar refractivity (Wildman–Crippen MR) is 126 cm³/mol. The van der Waals surface area contributed by atoms with Gasteiger partial charge in [-0.3, -0.25) is 4.79 Å². The third-order valence-electron chi connectivity index (χ3n) is 4.92. The van der Waals surface area contributed by atoms with Gasteiger partial charge >= 0.3 is 0 Å². The molecule has 0 fully saturated rings. The molecule has 0 spiro atoms. The normalized spacial score (nSPS) is 10.9. The second-order valence-corrected chi connectivity index (χ2v) is 8.27. The maximum atomic E-state index is 12.9. The minimum Gasteiger partial charge on any atom is -0.487 e. The topological polar surface area (TPSA) is 68.5 Å². The molecule has 0 aliphatic carbocycles. The zero-order chi connectivity index (χ0) is 21.9. The van der Waals surface area contributed by atoms with Gasteiger partial charge in [-0.25, -0.2) is 9.97 Å². The van der Waals surface area contributed by atoms with Gasteiger partial charge in [-0.05, 0) is 31.2 Å². The molecule has 3 heterocycles. The highest BCUT2D eigenvalue weighted by molar-refractivity contribution is 7.17. The van der Waals surface area contributed by atoms with Crippen molar-refractivity contribution in [3.8, 4) is 16.3 Å². The molecule has 158 valence electrons. The largest absolute Gasteiger partial charge is 0.487 e. The fourth-order valence-electron chi connectivity index (χ4n) is 3.38. The van der Waals surface area contributed by atoms with Crippen molar-refractivity contribution >= 4 is 28.6 Å². The van der Waals surface area contributed by atoms with Crippen LogP contribution in [0.3, 0.4) is 0 Å². The SMILES string of the molecule is Cc1nc(-c2ccccc2)sc1C(=O)Nc1cccc(OCc2cn3ccccc3n2)c1. The monoisotopic (exact) mass is 440 g/mol. The highest BCUT2D eigenvalue weighted by Gasteiger charge is 2.16. The molecule has 0 aliphatic rings. The van der Waals surface area contributed by atoms with Gasteiger partial charge in [0.2, 0.25) is 0 Å². The van der Waals surface area contributed by atoms with Crippen molar-refractivity contribution in [3.63, 3.8) is 0 Å². The first-order chi connectivity index (χ1) is 15.7. The molecule has 0 atom stereocenters. The van der Waals surface area contributed by atoms with E-state index in [4.69, 9.17) is 4.74 Å². The number of aryl methyl sites for hydroxylation is 1. The molecule has 5 rings (SSSR count). The standard InChI is InChI=1S/C25H20N4O2S/c1-17-23(32-25(26-17)18-8-3-2-4-9-18)24(30)28-19-10-7-11-21(14-19)31-16-20-15-29-13-6-5-12-22(29)27-20/h2-15H,16H2,1H3,(H,28,30). The van der Waals surface area contributed by atoms with Gasteiger partial charge in [-0.2, -0.15) is 0 Å². The number of rotatable bonds is 6. The third kappa shape index (κ3) is 4.24. The van der Waals surface area contributed by atoms with Crippen LogP contribution in [-0.2, 0) is 6.61 Å². The molecule has 5 aromatic rings. The Morgan fingerprint density at radius 3 is 2.72 bits per heavy atom. The number of ether oxygens (including phenoxy) is 1. The first-order valence-corrected chi connectivity index (χ1v) is 11.0. The van der Waals surface area contributed by atoms with Crippen molar-refractivity contribution in [1.82, 2.24) is 14.4 Å². The average molecular weight is 441 g/mol. The van der Waals surface area contributed by atoms with Gasteiger partial charge in [0.05, 0.1) is 11.4 Å². The Kier molecular flexibility index (Phi) is 5.39. The summed E-state index contributed by atoms with van der Waals surface area (Å²) in [6.07, 6.45) is 3.89. The molecule has 0 unspecified atom stereocenters. The summed E-state index contributed by atoms with van der Waals surface area (Å²) in [5, 5.41) is 3.79. The van der Waals surface area contributed by atoms with Crippen molar-refractivity contribution in [1.29, 1.82) is 0 Å². The van der Waals surface area contributed by atoms with E-state index in [9.17, 15) is 4.79 Å². The lowest BCUT2D eigenvalue weighted by molar-refractivity contribution is 0.103. The second-order valence-electron chi connectivity index (χ2n) is 7.27. The minimum absolute atomic E-state index is 0.181. The number of fused-ring (bicyclic) bond motifs is 1. The van der Waals surface area contributed by atoms with E-state index in [0.717, 1.165) is 21.9 Å². The van der Waals surface area contributed by atoms with E-state index in [1.54, 1.807) is 0 Å². The van der Waals surface area contributed by atoms with Crippen LogP contribution in [0.15, 0.2) is 85.2 Å². The quantitative estimate of drug-likeness (QED) is 0.373. The summed E-state index contributed by atoms with van der Waals surface area (Å²) in [7, 11) is 0. The molecule has 0 radical (unpaired) electrons. The van der Waals surface area contributed by atoms with Crippen LogP contribution in [0.2, 0.25) is 0 Å². The summed E-state index contributed by atoms with van der Waals surface area (Å²) in [4.78, 5) is 22.6. The zero-order valence-electron chi connectivity index (χ0n) is 17.4. The molecule has 6 nitrogen and oxygen atoms in total. The van der Waals surface area contributed by atoms with E-state index in [0.29, 0.717) is 28.6 Å². The minimum atomic E-state index is -0.181. The van der Waals surface area contributed by atoms with Crippen LogP contribution < -0.4 is 10.1 Å². The summed E-state index contributed by atoms with van der Waals surface area (Å²) < 4.78 is 7.85. The molecule has 0 saturated heterocycles. The zero-order valence-corrected chi connectivity index (χ0v) is 18.2. The molecule has 7 heteroatoms. The Hall–Kier alpha value is -3.97. The van der Waals surface area contributed by atoms with Crippen LogP contribution in [0.5, 0.6) is 5.75 Å². The smallest absolute Gasteiger partial charge is 0.267 e. The number of pyridine rings is 1.